The fourth-order valence-electron chi connectivity index (χ4n) is 5.07. The Bertz CT molecular complexity index is 1250. The van der Waals surface area contributed by atoms with Crippen LogP contribution in [0.2, 0.25) is 0 Å². The van der Waals surface area contributed by atoms with Crippen molar-refractivity contribution >= 4 is 38.2 Å². The van der Waals surface area contributed by atoms with E-state index in [0.717, 1.165) is 75.1 Å². The number of fused-ring (bicyclic) bond motifs is 1. The summed E-state index contributed by atoms with van der Waals surface area (Å²) in [6.07, 6.45) is 5.62. The second-order valence-corrected chi connectivity index (χ2v) is 13.7. The summed E-state index contributed by atoms with van der Waals surface area (Å²) in [4.78, 5) is 32.6. The van der Waals surface area contributed by atoms with E-state index in [1.165, 1.54) is 39.9 Å². The molecule has 208 valence electrons. The second-order valence-electron chi connectivity index (χ2n) is 10.5. The number of unbranched alkanes of at least 4 members (excludes halogenated alkanes) is 1. The lowest BCUT2D eigenvalue weighted by Gasteiger charge is -2.31. The third-order valence-corrected chi connectivity index (χ3v) is 10.6. The molecule has 1 N–H and O–H groups in total. The summed E-state index contributed by atoms with van der Waals surface area (Å²) in [6, 6.07) is 6.44. The summed E-state index contributed by atoms with van der Waals surface area (Å²) >= 11 is 1.49. The van der Waals surface area contributed by atoms with Crippen LogP contribution in [0, 0.1) is 0 Å². The highest BCUT2D eigenvalue weighted by Crippen LogP contribution is 2.39. The van der Waals surface area contributed by atoms with Crippen molar-refractivity contribution in [2.75, 3.05) is 38.5 Å². The van der Waals surface area contributed by atoms with Crippen LogP contribution < -0.4 is 5.32 Å². The predicted molar refractivity (Wildman–Crippen MR) is 152 cm³/mol. The number of amides is 2. The van der Waals surface area contributed by atoms with Gasteiger partial charge in [-0.15, -0.1) is 11.3 Å². The molecule has 0 aliphatic carbocycles. The Morgan fingerprint density at radius 1 is 1.08 bits per heavy atom. The summed E-state index contributed by atoms with van der Waals surface area (Å²) < 4.78 is 27.0. The van der Waals surface area contributed by atoms with Crippen LogP contribution in [0.5, 0.6) is 0 Å². The van der Waals surface area contributed by atoms with E-state index < -0.39 is 10.0 Å². The van der Waals surface area contributed by atoms with Crippen molar-refractivity contribution < 1.29 is 18.0 Å². The number of carbonyl (C=O) groups excluding carboxylic acids is 2. The average molecular weight is 561 g/mol. The maximum atomic E-state index is 13.7. The number of hydrogen-bond acceptors (Lipinski definition) is 6. The zero-order valence-corrected chi connectivity index (χ0v) is 24.6. The molecule has 1 aromatic carbocycles. The molecule has 8 nitrogen and oxygen atoms in total. The van der Waals surface area contributed by atoms with Crippen molar-refractivity contribution in [1.82, 2.24) is 14.1 Å². The van der Waals surface area contributed by atoms with Crippen LogP contribution in [-0.2, 0) is 23.0 Å². The summed E-state index contributed by atoms with van der Waals surface area (Å²) in [5.74, 6) is -0.340. The molecule has 0 bridgehead atoms. The highest BCUT2D eigenvalue weighted by molar-refractivity contribution is 7.89. The first kappa shape index (κ1) is 28.7. The van der Waals surface area contributed by atoms with Crippen LogP contribution in [0.25, 0.3) is 0 Å². The molecular weight excluding hydrogens is 520 g/mol. The SMILES string of the molecule is CCCCN(C)S(=O)(=O)c1ccc(C(=O)Nc2sc3c(c2C(=O)N2CCCCC2)CCN(C(C)C)C3)cc1. The van der Waals surface area contributed by atoms with Gasteiger partial charge in [0.2, 0.25) is 10.0 Å². The minimum Gasteiger partial charge on any atom is -0.339 e. The van der Waals surface area contributed by atoms with Gasteiger partial charge in [0.15, 0.2) is 0 Å². The first-order valence-corrected chi connectivity index (χ1v) is 15.9. The van der Waals surface area contributed by atoms with Gasteiger partial charge >= 0.3 is 0 Å². The number of sulfonamides is 1. The number of nitrogens with one attached hydrogen (secondary N) is 1. The monoisotopic (exact) mass is 560 g/mol. The number of benzene rings is 1. The molecule has 0 saturated carbocycles. The molecule has 2 amide bonds. The largest absolute Gasteiger partial charge is 0.339 e. The Kier molecular flexibility index (Phi) is 9.28. The van der Waals surface area contributed by atoms with E-state index in [2.05, 4.69) is 24.1 Å². The van der Waals surface area contributed by atoms with E-state index in [0.29, 0.717) is 28.7 Å². The topological polar surface area (TPSA) is 90.0 Å². The van der Waals surface area contributed by atoms with Gasteiger partial charge < -0.3 is 10.2 Å². The van der Waals surface area contributed by atoms with Crippen molar-refractivity contribution in [2.45, 2.75) is 76.8 Å². The van der Waals surface area contributed by atoms with Crippen LogP contribution in [0.1, 0.15) is 84.0 Å². The quantitative estimate of drug-likeness (QED) is 0.475. The van der Waals surface area contributed by atoms with Crippen molar-refractivity contribution in [3.05, 3.63) is 45.8 Å². The molecule has 0 radical (unpaired) electrons. The third-order valence-electron chi connectivity index (χ3n) is 7.55. The van der Waals surface area contributed by atoms with Crippen molar-refractivity contribution in [3.8, 4) is 0 Å². The van der Waals surface area contributed by atoms with E-state index in [1.807, 2.05) is 11.8 Å². The van der Waals surface area contributed by atoms with Gasteiger partial charge in [0.05, 0.1) is 10.5 Å². The van der Waals surface area contributed by atoms with Crippen molar-refractivity contribution in [1.29, 1.82) is 0 Å². The summed E-state index contributed by atoms with van der Waals surface area (Å²) in [5.41, 5.74) is 2.06. The number of anilines is 1. The normalized spacial score (nSPS) is 16.6. The number of carbonyl (C=O) groups is 2. The molecule has 0 atom stereocenters. The minimum atomic E-state index is -3.61. The van der Waals surface area contributed by atoms with Gasteiger partial charge in [-0.25, -0.2) is 12.7 Å². The lowest BCUT2D eigenvalue weighted by Crippen LogP contribution is -2.38. The van der Waals surface area contributed by atoms with Crippen LogP contribution in [0.3, 0.4) is 0 Å². The number of piperidine rings is 1. The lowest BCUT2D eigenvalue weighted by atomic mass is 10.00. The molecular formula is C28H40N4O4S2. The van der Waals surface area contributed by atoms with Gasteiger partial charge in [-0.1, -0.05) is 13.3 Å². The molecule has 0 spiro atoms. The molecule has 1 saturated heterocycles. The third kappa shape index (κ3) is 6.14. The van der Waals surface area contributed by atoms with E-state index in [1.54, 1.807) is 7.05 Å². The molecule has 1 aromatic heterocycles. The highest BCUT2D eigenvalue weighted by Gasteiger charge is 2.32. The number of hydrogen-bond donors (Lipinski definition) is 1. The number of rotatable bonds is 9. The van der Waals surface area contributed by atoms with Crippen LogP contribution >= 0.6 is 11.3 Å². The maximum absolute atomic E-state index is 13.7. The molecule has 2 aliphatic heterocycles. The first-order chi connectivity index (χ1) is 18.1. The van der Waals surface area contributed by atoms with Gasteiger partial charge in [-0.3, -0.25) is 14.5 Å². The van der Waals surface area contributed by atoms with Gasteiger partial charge in [-0.05, 0) is 75.8 Å². The fraction of sp³-hybridized carbons (Fsp3) is 0.571. The summed E-state index contributed by atoms with van der Waals surface area (Å²) in [6.45, 7) is 9.97. The molecule has 2 aliphatic rings. The maximum Gasteiger partial charge on any atom is 0.257 e. The van der Waals surface area contributed by atoms with Crippen molar-refractivity contribution in [3.63, 3.8) is 0 Å². The van der Waals surface area contributed by atoms with Gasteiger partial charge in [0.1, 0.15) is 5.00 Å². The molecule has 0 unspecified atom stereocenters. The average Bonchev–Trinajstić information content (AvgIpc) is 3.28. The minimum absolute atomic E-state index is 0.00653. The van der Waals surface area contributed by atoms with Crippen LogP contribution in [0.15, 0.2) is 29.2 Å². The van der Waals surface area contributed by atoms with E-state index in [4.69, 9.17) is 0 Å². The number of nitrogens with zero attached hydrogens (tertiary/aromatic N) is 3. The highest BCUT2D eigenvalue weighted by atomic mass is 32.2. The molecule has 38 heavy (non-hydrogen) atoms. The van der Waals surface area contributed by atoms with Gasteiger partial charge in [0, 0.05) is 56.3 Å². The van der Waals surface area contributed by atoms with Crippen LogP contribution in [0.4, 0.5) is 5.00 Å². The van der Waals surface area contributed by atoms with Gasteiger partial charge in [0.25, 0.3) is 11.8 Å². The number of likely N-dealkylation sites (tertiary alicyclic amines) is 1. The molecule has 10 heteroatoms. The Morgan fingerprint density at radius 3 is 2.39 bits per heavy atom. The predicted octanol–water partition coefficient (Wildman–Crippen LogP) is 4.81. The lowest BCUT2D eigenvalue weighted by molar-refractivity contribution is 0.0723. The van der Waals surface area contributed by atoms with Gasteiger partial charge in [-0.2, -0.15) is 0 Å². The Balaban J connectivity index is 1.58. The van der Waals surface area contributed by atoms with Crippen LogP contribution in [-0.4, -0.2) is 73.6 Å². The van der Waals surface area contributed by atoms with Crippen molar-refractivity contribution in [2.24, 2.45) is 0 Å². The Morgan fingerprint density at radius 2 is 1.76 bits per heavy atom. The second kappa shape index (κ2) is 12.3. The first-order valence-electron chi connectivity index (χ1n) is 13.7. The Labute approximate surface area is 231 Å². The standard InChI is InChI=1S/C28H40N4O4S2/c1-5-6-15-30(4)38(35,36)22-12-10-21(11-13-22)26(33)29-27-25(28(34)31-16-8-7-9-17-31)23-14-18-32(20(2)3)19-24(23)37-27/h10-13,20H,5-9,14-19H2,1-4H3,(H,29,33). The fourth-order valence-corrected chi connectivity index (χ4v) is 7.54. The molecule has 1 fully saturated rings. The molecule has 2 aromatic rings. The number of thiophene rings is 1. The Hall–Kier alpha value is -2.27. The van der Waals surface area contributed by atoms with E-state index in [-0.39, 0.29) is 16.7 Å². The smallest absolute Gasteiger partial charge is 0.257 e. The zero-order valence-electron chi connectivity index (χ0n) is 23.0. The molecule has 4 rings (SSSR count). The summed E-state index contributed by atoms with van der Waals surface area (Å²) in [7, 11) is -2.03. The zero-order chi connectivity index (χ0) is 27.4. The van der Waals surface area contributed by atoms with E-state index >= 15 is 0 Å². The summed E-state index contributed by atoms with van der Waals surface area (Å²) in [5, 5.41) is 3.61. The van der Waals surface area contributed by atoms with E-state index in [9.17, 15) is 18.0 Å². The molecule has 3 heterocycles.